The van der Waals surface area contributed by atoms with Crippen LogP contribution < -0.4 is 0 Å². The lowest BCUT2D eigenvalue weighted by Crippen LogP contribution is -2.11. The van der Waals surface area contributed by atoms with Gasteiger partial charge in [-0.05, 0) is 12.1 Å². The summed E-state index contributed by atoms with van der Waals surface area (Å²) < 4.78 is 10.4. The molecule has 0 spiro atoms. The second kappa shape index (κ2) is 4.28. The van der Waals surface area contributed by atoms with Gasteiger partial charge in [0.2, 0.25) is 5.89 Å². The standard InChI is InChI=1S/C13H14ClNO3/c1-13(2,3)12-15-9-8(14)6-5-7(10(9)18-12)11(16)17-4/h5-6H,1-4H3. The van der Waals surface area contributed by atoms with Gasteiger partial charge < -0.3 is 9.15 Å². The summed E-state index contributed by atoms with van der Waals surface area (Å²) in [5.41, 5.74) is 0.944. The van der Waals surface area contributed by atoms with Gasteiger partial charge in [0.15, 0.2) is 5.58 Å². The number of methoxy groups -OCH3 is 1. The van der Waals surface area contributed by atoms with Crippen molar-refractivity contribution in [3.63, 3.8) is 0 Å². The summed E-state index contributed by atoms with van der Waals surface area (Å²) in [5, 5.41) is 0.455. The molecule has 0 aliphatic carbocycles. The Morgan fingerprint density at radius 2 is 2.06 bits per heavy atom. The SMILES string of the molecule is COC(=O)c1ccc(Cl)c2nc(C(C)(C)C)oc12. The van der Waals surface area contributed by atoms with Crippen molar-refractivity contribution in [3.8, 4) is 0 Å². The van der Waals surface area contributed by atoms with E-state index < -0.39 is 5.97 Å². The van der Waals surface area contributed by atoms with Crippen molar-refractivity contribution >= 4 is 28.7 Å². The lowest BCUT2D eigenvalue weighted by Gasteiger charge is -2.11. The summed E-state index contributed by atoms with van der Waals surface area (Å²) in [6, 6.07) is 3.19. The summed E-state index contributed by atoms with van der Waals surface area (Å²) in [6.45, 7) is 5.93. The Morgan fingerprint density at radius 1 is 1.39 bits per heavy atom. The van der Waals surface area contributed by atoms with Gasteiger partial charge in [0.25, 0.3) is 0 Å². The molecule has 1 aromatic carbocycles. The quantitative estimate of drug-likeness (QED) is 0.741. The number of benzene rings is 1. The van der Waals surface area contributed by atoms with Crippen LogP contribution in [0.25, 0.3) is 11.1 Å². The van der Waals surface area contributed by atoms with E-state index >= 15 is 0 Å². The van der Waals surface area contributed by atoms with Gasteiger partial charge in [-0.2, -0.15) is 0 Å². The minimum atomic E-state index is -0.465. The molecule has 0 aliphatic heterocycles. The summed E-state index contributed by atoms with van der Waals surface area (Å²) >= 11 is 6.07. The van der Waals surface area contributed by atoms with Crippen LogP contribution in [0.15, 0.2) is 16.5 Å². The molecular weight excluding hydrogens is 254 g/mol. The number of esters is 1. The lowest BCUT2D eigenvalue weighted by molar-refractivity contribution is 0.0601. The van der Waals surface area contributed by atoms with E-state index in [1.807, 2.05) is 20.8 Å². The number of carbonyl (C=O) groups excluding carboxylic acids is 1. The fourth-order valence-corrected chi connectivity index (χ4v) is 1.76. The van der Waals surface area contributed by atoms with E-state index in [1.165, 1.54) is 7.11 Å². The molecule has 96 valence electrons. The molecule has 2 rings (SSSR count). The molecule has 18 heavy (non-hydrogen) atoms. The van der Waals surface area contributed by atoms with Gasteiger partial charge in [-0.1, -0.05) is 32.4 Å². The summed E-state index contributed by atoms with van der Waals surface area (Å²) in [5.74, 6) is 0.0732. The Kier molecular flexibility index (Phi) is 3.07. The van der Waals surface area contributed by atoms with Crippen molar-refractivity contribution < 1.29 is 13.9 Å². The smallest absolute Gasteiger partial charge is 0.341 e. The average Bonchev–Trinajstić information content (AvgIpc) is 2.74. The fourth-order valence-electron chi connectivity index (χ4n) is 1.57. The van der Waals surface area contributed by atoms with Crippen molar-refractivity contribution in [2.24, 2.45) is 0 Å². The first-order valence-corrected chi connectivity index (χ1v) is 5.90. The van der Waals surface area contributed by atoms with E-state index in [0.29, 0.717) is 27.6 Å². The second-order valence-corrected chi connectivity index (χ2v) is 5.44. The maximum Gasteiger partial charge on any atom is 0.341 e. The molecule has 0 N–H and O–H groups in total. The van der Waals surface area contributed by atoms with Crippen LogP contribution in [0, 0.1) is 0 Å². The number of ether oxygens (including phenoxy) is 1. The minimum Gasteiger partial charge on any atom is -0.465 e. The molecule has 0 saturated carbocycles. The zero-order valence-electron chi connectivity index (χ0n) is 10.7. The number of carbonyl (C=O) groups is 1. The Labute approximate surface area is 110 Å². The molecular formula is C13H14ClNO3. The van der Waals surface area contributed by atoms with Crippen LogP contribution >= 0.6 is 11.6 Å². The number of aromatic nitrogens is 1. The van der Waals surface area contributed by atoms with Crippen LogP contribution in [-0.4, -0.2) is 18.1 Å². The third-order valence-corrected chi connectivity index (χ3v) is 2.85. The fraction of sp³-hybridized carbons (Fsp3) is 0.385. The maximum absolute atomic E-state index is 11.6. The third-order valence-electron chi connectivity index (χ3n) is 2.54. The first-order valence-electron chi connectivity index (χ1n) is 5.52. The van der Waals surface area contributed by atoms with E-state index in [1.54, 1.807) is 12.1 Å². The topological polar surface area (TPSA) is 52.3 Å². The largest absolute Gasteiger partial charge is 0.465 e. The predicted molar refractivity (Wildman–Crippen MR) is 69.1 cm³/mol. The molecule has 0 unspecified atom stereocenters. The van der Waals surface area contributed by atoms with E-state index in [9.17, 15) is 4.79 Å². The molecule has 0 fully saturated rings. The minimum absolute atomic E-state index is 0.254. The van der Waals surface area contributed by atoms with Gasteiger partial charge in [0.05, 0.1) is 12.1 Å². The summed E-state index contributed by atoms with van der Waals surface area (Å²) in [6.07, 6.45) is 0. The number of halogens is 1. The van der Waals surface area contributed by atoms with Crippen LogP contribution in [0.4, 0.5) is 0 Å². The molecule has 0 atom stereocenters. The number of oxazole rings is 1. The summed E-state index contributed by atoms with van der Waals surface area (Å²) in [4.78, 5) is 16.0. The van der Waals surface area contributed by atoms with Crippen molar-refractivity contribution in [1.82, 2.24) is 4.98 Å². The van der Waals surface area contributed by atoms with Crippen LogP contribution in [-0.2, 0) is 10.2 Å². The number of hydrogen-bond donors (Lipinski definition) is 0. The predicted octanol–water partition coefficient (Wildman–Crippen LogP) is 3.57. The molecule has 0 amide bonds. The van der Waals surface area contributed by atoms with Crippen LogP contribution in [0.3, 0.4) is 0 Å². The Bertz CT molecular complexity index is 610. The maximum atomic E-state index is 11.6. The van der Waals surface area contributed by atoms with Gasteiger partial charge in [0, 0.05) is 5.41 Å². The second-order valence-electron chi connectivity index (χ2n) is 5.03. The van der Waals surface area contributed by atoms with E-state index in [-0.39, 0.29) is 5.41 Å². The lowest BCUT2D eigenvalue weighted by atomic mass is 9.97. The Morgan fingerprint density at radius 3 is 2.61 bits per heavy atom. The van der Waals surface area contributed by atoms with E-state index in [4.69, 9.17) is 20.8 Å². The number of fused-ring (bicyclic) bond motifs is 1. The third kappa shape index (κ3) is 2.08. The molecule has 5 heteroatoms. The first-order chi connectivity index (χ1) is 8.34. The number of hydrogen-bond acceptors (Lipinski definition) is 4. The van der Waals surface area contributed by atoms with Gasteiger partial charge in [0.1, 0.15) is 11.1 Å². The van der Waals surface area contributed by atoms with Crippen molar-refractivity contribution in [1.29, 1.82) is 0 Å². The van der Waals surface area contributed by atoms with E-state index in [0.717, 1.165) is 0 Å². The number of rotatable bonds is 1. The first kappa shape index (κ1) is 12.9. The number of nitrogens with zero attached hydrogens (tertiary/aromatic N) is 1. The van der Waals surface area contributed by atoms with Crippen LogP contribution in [0.2, 0.25) is 5.02 Å². The van der Waals surface area contributed by atoms with Crippen molar-refractivity contribution in [2.45, 2.75) is 26.2 Å². The van der Waals surface area contributed by atoms with Crippen LogP contribution in [0.5, 0.6) is 0 Å². The van der Waals surface area contributed by atoms with Gasteiger partial charge in [-0.25, -0.2) is 9.78 Å². The zero-order chi connectivity index (χ0) is 13.5. The zero-order valence-corrected chi connectivity index (χ0v) is 11.5. The molecule has 1 aromatic heterocycles. The Hall–Kier alpha value is -1.55. The highest BCUT2D eigenvalue weighted by Gasteiger charge is 2.24. The highest BCUT2D eigenvalue weighted by molar-refractivity contribution is 6.35. The molecule has 2 aromatic rings. The van der Waals surface area contributed by atoms with Gasteiger partial charge in [-0.15, -0.1) is 0 Å². The average molecular weight is 268 g/mol. The molecule has 0 radical (unpaired) electrons. The molecule has 1 heterocycles. The van der Waals surface area contributed by atoms with E-state index in [2.05, 4.69) is 4.98 Å². The molecule has 0 saturated heterocycles. The van der Waals surface area contributed by atoms with Gasteiger partial charge >= 0.3 is 5.97 Å². The van der Waals surface area contributed by atoms with Crippen molar-refractivity contribution in [2.75, 3.05) is 7.11 Å². The normalized spacial score (nSPS) is 11.8. The summed E-state index contributed by atoms with van der Waals surface area (Å²) in [7, 11) is 1.32. The highest BCUT2D eigenvalue weighted by atomic mass is 35.5. The van der Waals surface area contributed by atoms with Gasteiger partial charge in [-0.3, -0.25) is 0 Å². The highest BCUT2D eigenvalue weighted by Crippen LogP contribution is 2.31. The molecule has 4 nitrogen and oxygen atoms in total. The van der Waals surface area contributed by atoms with Crippen LogP contribution in [0.1, 0.15) is 37.0 Å². The Balaban J connectivity index is 2.73. The molecule has 0 aliphatic rings. The monoisotopic (exact) mass is 267 g/mol. The van der Waals surface area contributed by atoms with Crippen molar-refractivity contribution in [3.05, 3.63) is 28.6 Å². The molecule has 0 bridgehead atoms.